The lowest BCUT2D eigenvalue weighted by atomic mass is 10.1. The molecule has 0 atom stereocenters. The van der Waals surface area contributed by atoms with Crippen LogP contribution in [0.25, 0.3) is 11.0 Å². The topological polar surface area (TPSA) is 141 Å². The van der Waals surface area contributed by atoms with E-state index in [9.17, 15) is 24.5 Å². The van der Waals surface area contributed by atoms with Crippen LogP contribution in [0.1, 0.15) is 21.5 Å². The number of ether oxygens (including phenoxy) is 1. The number of hydrazine groups is 1. The van der Waals surface area contributed by atoms with Gasteiger partial charge in [0.05, 0.1) is 17.6 Å². The number of carbonyl (C=O) groups is 3. The number of nitro benzene ring substituents is 1. The number of aryl methyl sites for hydroxylation is 1. The second-order valence-corrected chi connectivity index (χ2v) is 6.41. The second kappa shape index (κ2) is 8.86. The molecule has 0 radical (unpaired) electrons. The number of fused-ring (bicyclic) bond motifs is 1. The van der Waals surface area contributed by atoms with Crippen LogP contribution >= 0.6 is 0 Å². The molecule has 2 aromatic carbocycles. The largest absolute Gasteiger partial charge is 0.464 e. The Morgan fingerprint density at radius 2 is 1.93 bits per heavy atom. The first-order valence-electron chi connectivity index (χ1n) is 8.79. The Bertz CT molecular complexity index is 1140. The molecular formula is C20H17N3O7. The summed E-state index contributed by atoms with van der Waals surface area (Å²) in [6, 6.07) is 10.6. The Hall–Kier alpha value is -4.21. The molecule has 10 heteroatoms. The van der Waals surface area contributed by atoms with E-state index in [1.807, 2.05) is 25.1 Å². The highest BCUT2D eigenvalue weighted by Crippen LogP contribution is 2.22. The normalized spacial score (nSPS) is 10.4. The molecule has 0 saturated heterocycles. The Morgan fingerprint density at radius 1 is 1.13 bits per heavy atom. The summed E-state index contributed by atoms with van der Waals surface area (Å²) in [4.78, 5) is 45.8. The molecule has 0 saturated carbocycles. The van der Waals surface area contributed by atoms with Gasteiger partial charge < -0.3 is 9.15 Å². The molecule has 3 rings (SSSR count). The predicted octanol–water partition coefficient (Wildman–Crippen LogP) is 2.20. The number of hydrogen-bond donors (Lipinski definition) is 2. The van der Waals surface area contributed by atoms with E-state index in [-0.39, 0.29) is 17.7 Å². The van der Waals surface area contributed by atoms with Crippen LogP contribution in [0.4, 0.5) is 5.69 Å². The van der Waals surface area contributed by atoms with Gasteiger partial charge in [-0.25, -0.2) is 0 Å². The molecule has 0 aliphatic carbocycles. The van der Waals surface area contributed by atoms with Crippen LogP contribution in [0, 0.1) is 17.0 Å². The maximum atomic E-state index is 12.0. The van der Waals surface area contributed by atoms with Gasteiger partial charge in [0.2, 0.25) is 0 Å². The molecule has 2 N–H and O–H groups in total. The highest BCUT2D eigenvalue weighted by Gasteiger charge is 2.15. The monoisotopic (exact) mass is 411 g/mol. The number of nitrogens with one attached hydrogen (secondary N) is 2. The van der Waals surface area contributed by atoms with Crippen molar-refractivity contribution in [1.29, 1.82) is 0 Å². The zero-order valence-corrected chi connectivity index (χ0v) is 15.8. The highest BCUT2D eigenvalue weighted by atomic mass is 16.6. The van der Waals surface area contributed by atoms with Crippen LogP contribution in [0.2, 0.25) is 0 Å². The van der Waals surface area contributed by atoms with Crippen molar-refractivity contribution in [3.8, 4) is 0 Å². The summed E-state index contributed by atoms with van der Waals surface area (Å²) in [6.45, 7) is 1.31. The maximum Gasteiger partial charge on any atom is 0.310 e. The van der Waals surface area contributed by atoms with Gasteiger partial charge in [0, 0.05) is 28.6 Å². The van der Waals surface area contributed by atoms with Crippen molar-refractivity contribution in [1.82, 2.24) is 10.9 Å². The lowest BCUT2D eigenvalue weighted by Crippen LogP contribution is -2.43. The number of hydrogen-bond acceptors (Lipinski definition) is 7. The van der Waals surface area contributed by atoms with E-state index in [2.05, 4.69) is 10.9 Å². The molecule has 0 aliphatic rings. The van der Waals surface area contributed by atoms with E-state index in [1.54, 1.807) is 0 Å². The minimum Gasteiger partial charge on any atom is -0.464 e. The number of non-ortho nitro benzene ring substituents is 1. The second-order valence-electron chi connectivity index (χ2n) is 6.41. The molecule has 3 aromatic rings. The van der Waals surface area contributed by atoms with Crippen molar-refractivity contribution in [2.24, 2.45) is 0 Å². The van der Waals surface area contributed by atoms with Gasteiger partial charge in [-0.2, -0.15) is 0 Å². The first-order chi connectivity index (χ1) is 14.3. The molecule has 10 nitrogen and oxygen atoms in total. The SMILES string of the molecule is Cc1ccc2c(CC(=O)OCC(=O)NNC(=O)c3cccc([N+](=O)[O-])c3)coc2c1. The molecule has 1 aromatic heterocycles. The van der Waals surface area contributed by atoms with Crippen LogP contribution in [0.5, 0.6) is 0 Å². The van der Waals surface area contributed by atoms with Crippen LogP contribution in [-0.4, -0.2) is 29.3 Å². The quantitative estimate of drug-likeness (QED) is 0.360. The van der Waals surface area contributed by atoms with E-state index in [4.69, 9.17) is 9.15 Å². The Balaban J connectivity index is 1.47. The molecule has 0 spiro atoms. The summed E-state index contributed by atoms with van der Waals surface area (Å²) < 4.78 is 10.3. The number of furan rings is 1. The third kappa shape index (κ3) is 4.98. The number of esters is 1. The number of nitro groups is 1. The fourth-order valence-electron chi connectivity index (χ4n) is 2.68. The third-order valence-electron chi connectivity index (χ3n) is 4.14. The van der Waals surface area contributed by atoms with Crippen molar-refractivity contribution in [2.45, 2.75) is 13.3 Å². The summed E-state index contributed by atoms with van der Waals surface area (Å²) in [5, 5.41) is 11.5. The first kappa shape index (κ1) is 20.5. The van der Waals surface area contributed by atoms with Gasteiger partial charge in [-0.1, -0.05) is 18.2 Å². The summed E-state index contributed by atoms with van der Waals surface area (Å²) in [6.07, 6.45) is 1.38. The summed E-state index contributed by atoms with van der Waals surface area (Å²) in [5.41, 5.74) is 6.21. The molecular weight excluding hydrogens is 394 g/mol. The predicted molar refractivity (Wildman–Crippen MR) is 104 cm³/mol. The molecule has 0 aliphatic heterocycles. The fraction of sp³-hybridized carbons (Fsp3) is 0.150. The smallest absolute Gasteiger partial charge is 0.310 e. The number of rotatable bonds is 6. The Labute approximate surface area is 169 Å². The average Bonchev–Trinajstić information content (AvgIpc) is 3.12. The molecule has 0 bridgehead atoms. The number of amides is 2. The molecule has 30 heavy (non-hydrogen) atoms. The van der Waals surface area contributed by atoms with Gasteiger partial charge in [0.25, 0.3) is 17.5 Å². The average molecular weight is 411 g/mol. The fourth-order valence-corrected chi connectivity index (χ4v) is 2.68. The van der Waals surface area contributed by atoms with E-state index in [0.717, 1.165) is 17.0 Å². The van der Waals surface area contributed by atoms with Crippen molar-refractivity contribution >= 4 is 34.4 Å². The first-order valence-corrected chi connectivity index (χ1v) is 8.79. The summed E-state index contributed by atoms with van der Waals surface area (Å²) in [5.74, 6) is -2.16. The number of nitrogens with zero attached hydrogens (tertiary/aromatic N) is 1. The van der Waals surface area contributed by atoms with Gasteiger partial charge in [-0.3, -0.25) is 35.3 Å². The van der Waals surface area contributed by atoms with E-state index in [0.29, 0.717) is 11.1 Å². The summed E-state index contributed by atoms with van der Waals surface area (Å²) in [7, 11) is 0. The molecule has 154 valence electrons. The third-order valence-corrected chi connectivity index (χ3v) is 4.14. The van der Waals surface area contributed by atoms with Crippen molar-refractivity contribution in [2.75, 3.05) is 6.61 Å². The van der Waals surface area contributed by atoms with Gasteiger partial charge >= 0.3 is 5.97 Å². The van der Waals surface area contributed by atoms with Gasteiger partial charge in [0.1, 0.15) is 5.58 Å². The van der Waals surface area contributed by atoms with E-state index >= 15 is 0 Å². The van der Waals surface area contributed by atoms with Crippen LogP contribution in [-0.2, 0) is 20.7 Å². The van der Waals surface area contributed by atoms with Gasteiger partial charge in [0.15, 0.2) is 6.61 Å². The van der Waals surface area contributed by atoms with E-state index < -0.39 is 29.3 Å². The Kier molecular flexibility index (Phi) is 6.06. The van der Waals surface area contributed by atoms with Gasteiger partial charge in [-0.15, -0.1) is 0 Å². The molecule has 1 heterocycles. The van der Waals surface area contributed by atoms with Crippen molar-refractivity contribution in [3.63, 3.8) is 0 Å². The molecule has 0 fully saturated rings. The van der Waals surface area contributed by atoms with Crippen molar-refractivity contribution in [3.05, 3.63) is 75.5 Å². The minimum atomic E-state index is -0.769. The van der Waals surface area contributed by atoms with Crippen molar-refractivity contribution < 1.29 is 28.5 Å². The van der Waals surface area contributed by atoms with Crippen LogP contribution < -0.4 is 10.9 Å². The van der Waals surface area contributed by atoms with Crippen LogP contribution in [0.15, 0.2) is 53.1 Å². The summed E-state index contributed by atoms with van der Waals surface area (Å²) >= 11 is 0. The molecule has 2 amide bonds. The van der Waals surface area contributed by atoms with E-state index in [1.165, 1.54) is 24.5 Å². The van der Waals surface area contributed by atoms with Crippen LogP contribution in [0.3, 0.4) is 0 Å². The lowest BCUT2D eigenvalue weighted by molar-refractivity contribution is -0.384. The minimum absolute atomic E-state index is 0.0106. The maximum absolute atomic E-state index is 12.0. The number of carbonyl (C=O) groups excluding carboxylic acids is 3. The zero-order chi connectivity index (χ0) is 21.7. The molecule has 0 unspecified atom stereocenters. The van der Waals surface area contributed by atoms with Gasteiger partial charge in [-0.05, 0) is 24.6 Å². The Morgan fingerprint density at radius 3 is 2.70 bits per heavy atom. The lowest BCUT2D eigenvalue weighted by Gasteiger charge is -2.08. The zero-order valence-electron chi connectivity index (χ0n) is 15.8. The highest BCUT2D eigenvalue weighted by molar-refractivity contribution is 5.96. The standard InChI is InChI=1S/C20H17N3O7/c1-12-5-6-16-14(10-29-17(16)7-12)9-19(25)30-11-18(24)21-22-20(26)13-3-2-4-15(8-13)23(27)28/h2-8,10H,9,11H2,1H3,(H,21,24)(H,22,26). The number of benzene rings is 2.